The summed E-state index contributed by atoms with van der Waals surface area (Å²) in [6, 6.07) is 17.9. The molecule has 0 atom stereocenters. The van der Waals surface area contributed by atoms with Crippen LogP contribution in [-0.2, 0) is 13.2 Å². The predicted molar refractivity (Wildman–Crippen MR) is 111 cm³/mol. The molecule has 0 saturated carbocycles. The van der Waals surface area contributed by atoms with Gasteiger partial charge in [0.05, 0.1) is 5.02 Å². The SMILES string of the molecule is Fc1ccc(COc2ccc(Br)cc2CNc2ccc(Br)c(Cl)c2)cc1. The first-order valence-electron chi connectivity index (χ1n) is 7.86. The van der Waals surface area contributed by atoms with Crippen molar-refractivity contribution < 1.29 is 9.13 Å². The van der Waals surface area contributed by atoms with Gasteiger partial charge in [0.2, 0.25) is 0 Å². The summed E-state index contributed by atoms with van der Waals surface area (Å²) in [6.45, 7) is 0.954. The zero-order valence-corrected chi connectivity index (χ0v) is 17.5. The number of benzene rings is 3. The lowest BCUT2D eigenvalue weighted by Gasteiger charge is -2.14. The normalized spacial score (nSPS) is 10.6. The predicted octanol–water partition coefficient (Wildman–Crippen LogP) is 7.20. The van der Waals surface area contributed by atoms with Crippen molar-refractivity contribution in [2.45, 2.75) is 13.2 Å². The number of halogens is 4. The van der Waals surface area contributed by atoms with E-state index in [0.717, 1.165) is 31.5 Å². The van der Waals surface area contributed by atoms with E-state index in [9.17, 15) is 4.39 Å². The summed E-state index contributed by atoms with van der Waals surface area (Å²) in [4.78, 5) is 0. The van der Waals surface area contributed by atoms with Crippen molar-refractivity contribution >= 4 is 49.1 Å². The molecule has 0 fully saturated rings. The van der Waals surface area contributed by atoms with Crippen LogP contribution in [0.5, 0.6) is 5.75 Å². The third-order valence-electron chi connectivity index (χ3n) is 3.73. The van der Waals surface area contributed by atoms with Crippen molar-refractivity contribution in [3.8, 4) is 5.75 Å². The Kier molecular flexibility index (Phi) is 6.57. The Bertz CT molecular complexity index is 903. The fourth-order valence-electron chi connectivity index (χ4n) is 2.37. The molecule has 0 heterocycles. The lowest BCUT2D eigenvalue weighted by Crippen LogP contribution is -2.04. The maximum absolute atomic E-state index is 13.0. The molecule has 0 saturated heterocycles. The van der Waals surface area contributed by atoms with Crippen molar-refractivity contribution in [1.29, 1.82) is 0 Å². The number of rotatable bonds is 6. The van der Waals surface area contributed by atoms with Crippen molar-refractivity contribution in [2.24, 2.45) is 0 Å². The van der Waals surface area contributed by atoms with Gasteiger partial charge < -0.3 is 10.1 Å². The van der Waals surface area contributed by atoms with E-state index in [4.69, 9.17) is 16.3 Å². The highest BCUT2D eigenvalue weighted by Gasteiger charge is 2.07. The third kappa shape index (κ3) is 5.22. The van der Waals surface area contributed by atoms with Gasteiger partial charge in [-0.25, -0.2) is 4.39 Å². The lowest BCUT2D eigenvalue weighted by molar-refractivity contribution is 0.303. The summed E-state index contributed by atoms with van der Waals surface area (Å²) in [7, 11) is 0. The van der Waals surface area contributed by atoms with E-state index in [1.807, 2.05) is 36.4 Å². The molecule has 1 N–H and O–H groups in total. The van der Waals surface area contributed by atoms with Crippen LogP contribution in [0.2, 0.25) is 5.02 Å². The van der Waals surface area contributed by atoms with Crippen LogP contribution in [0.25, 0.3) is 0 Å². The van der Waals surface area contributed by atoms with Crippen molar-refractivity contribution in [1.82, 2.24) is 0 Å². The van der Waals surface area contributed by atoms with Crippen LogP contribution in [0.1, 0.15) is 11.1 Å². The highest BCUT2D eigenvalue weighted by Crippen LogP contribution is 2.28. The molecule has 0 amide bonds. The molecule has 0 unspecified atom stereocenters. The summed E-state index contributed by atoms with van der Waals surface area (Å²) in [5.74, 6) is 0.517. The minimum Gasteiger partial charge on any atom is -0.489 e. The standard InChI is InChI=1S/C20H15Br2ClFNO/c21-15-3-8-20(26-12-13-1-4-16(24)5-2-13)14(9-15)11-25-17-6-7-18(22)19(23)10-17/h1-10,25H,11-12H2. The Morgan fingerprint density at radius 2 is 1.73 bits per heavy atom. The van der Waals surface area contributed by atoms with Crippen molar-refractivity contribution in [3.63, 3.8) is 0 Å². The molecule has 0 aliphatic carbocycles. The van der Waals surface area contributed by atoms with Gasteiger partial charge in [-0.05, 0) is 70.0 Å². The van der Waals surface area contributed by atoms with Gasteiger partial charge in [-0.15, -0.1) is 0 Å². The minimum atomic E-state index is -0.254. The second kappa shape index (κ2) is 8.89. The summed E-state index contributed by atoms with van der Waals surface area (Å²) in [6.07, 6.45) is 0. The van der Waals surface area contributed by atoms with Crippen LogP contribution >= 0.6 is 43.5 Å². The zero-order valence-electron chi connectivity index (χ0n) is 13.6. The van der Waals surface area contributed by atoms with Crippen LogP contribution in [0.4, 0.5) is 10.1 Å². The lowest BCUT2D eigenvalue weighted by atomic mass is 10.2. The van der Waals surface area contributed by atoms with Gasteiger partial charge in [0, 0.05) is 26.7 Å². The van der Waals surface area contributed by atoms with E-state index in [2.05, 4.69) is 37.2 Å². The quantitative estimate of drug-likeness (QED) is 0.387. The summed E-state index contributed by atoms with van der Waals surface area (Å²) in [5, 5.41) is 4.00. The highest BCUT2D eigenvalue weighted by atomic mass is 79.9. The van der Waals surface area contributed by atoms with E-state index in [1.54, 1.807) is 12.1 Å². The van der Waals surface area contributed by atoms with Gasteiger partial charge in [-0.3, -0.25) is 0 Å². The van der Waals surface area contributed by atoms with Gasteiger partial charge in [0.1, 0.15) is 18.2 Å². The number of anilines is 1. The molecule has 0 spiro atoms. The Balaban J connectivity index is 1.70. The fraction of sp³-hybridized carbons (Fsp3) is 0.100. The zero-order chi connectivity index (χ0) is 18.5. The smallest absolute Gasteiger partial charge is 0.124 e. The molecule has 0 aliphatic rings. The average Bonchev–Trinajstić information content (AvgIpc) is 2.63. The van der Waals surface area contributed by atoms with Gasteiger partial charge in [-0.2, -0.15) is 0 Å². The first kappa shape index (κ1) is 19.2. The van der Waals surface area contributed by atoms with Crippen LogP contribution in [0.15, 0.2) is 69.6 Å². The van der Waals surface area contributed by atoms with Gasteiger partial charge in [0.25, 0.3) is 0 Å². The molecule has 3 aromatic carbocycles. The van der Waals surface area contributed by atoms with Crippen LogP contribution in [-0.4, -0.2) is 0 Å². The molecule has 0 aliphatic heterocycles. The largest absolute Gasteiger partial charge is 0.489 e. The number of hydrogen-bond acceptors (Lipinski definition) is 2. The summed E-state index contributed by atoms with van der Waals surface area (Å²) < 4.78 is 20.8. The third-order valence-corrected chi connectivity index (χ3v) is 5.46. The Morgan fingerprint density at radius 1 is 0.962 bits per heavy atom. The van der Waals surface area contributed by atoms with E-state index in [0.29, 0.717) is 18.2 Å². The summed E-state index contributed by atoms with van der Waals surface area (Å²) in [5.41, 5.74) is 2.83. The Hall–Kier alpha value is -1.56. The second-order valence-corrected chi connectivity index (χ2v) is 7.83. The average molecular weight is 500 g/mol. The van der Waals surface area contributed by atoms with E-state index in [-0.39, 0.29) is 5.82 Å². The maximum Gasteiger partial charge on any atom is 0.124 e. The molecule has 0 aromatic heterocycles. The van der Waals surface area contributed by atoms with E-state index < -0.39 is 0 Å². The van der Waals surface area contributed by atoms with Gasteiger partial charge in [0.15, 0.2) is 0 Å². The number of hydrogen-bond donors (Lipinski definition) is 1. The van der Waals surface area contributed by atoms with Crippen LogP contribution in [0, 0.1) is 5.82 Å². The van der Waals surface area contributed by atoms with Crippen LogP contribution < -0.4 is 10.1 Å². The minimum absolute atomic E-state index is 0.254. The van der Waals surface area contributed by atoms with Crippen LogP contribution in [0.3, 0.4) is 0 Å². The summed E-state index contributed by atoms with van der Waals surface area (Å²) >= 11 is 13.0. The molecule has 134 valence electrons. The number of nitrogens with one attached hydrogen (secondary N) is 1. The Morgan fingerprint density at radius 3 is 2.46 bits per heavy atom. The first-order chi connectivity index (χ1) is 12.5. The molecule has 0 radical (unpaired) electrons. The van der Waals surface area contributed by atoms with Gasteiger partial charge in [-0.1, -0.05) is 39.7 Å². The van der Waals surface area contributed by atoms with E-state index >= 15 is 0 Å². The van der Waals surface area contributed by atoms with Crippen molar-refractivity contribution in [2.75, 3.05) is 5.32 Å². The molecule has 6 heteroatoms. The van der Waals surface area contributed by atoms with Gasteiger partial charge >= 0.3 is 0 Å². The Labute approximate surface area is 173 Å². The molecular weight excluding hydrogens is 484 g/mol. The molecule has 2 nitrogen and oxygen atoms in total. The maximum atomic E-state index is 13.0. The fourth-order valence-corrected chi connectivity index (χ4v) is 3.21. The topological polar surface area (TPSA) is 21.3 Å². The molecule has 26 heavy (non-hydrogen) atoms. The second-order valence-electron chi connectivity index (χ2n) is 5.65. The highest BCUT2D eigenvalue weighted by molar-refractivity contribution is 9.10. The van der Waals surface area contributed by atoms with Crippen molar-refractivity contribution in [3.05, 3.63) is 91.6 Å². The molecule has 3 aromatic rings. The molecule has 3 rings (SSSR count). The monoisotopic (exact) mass is 497 g/mol. The van der Waals surface area contributed by atoms with E-state index in [1.165, 1.54) is 12.1 Å². The molecule has 0 bridgehead atoms. The molecular formula is C20H15Br2ClFNO. The number of ether oxygens (including phenoxy) is 1. The first-order valence-corrected chi connectivity index (χ1v) is 9.82.